The highest BCUT2D eigenvalue weighted by atomic mass is 16.2. The third kappa shape index (κ3) is 1.96. The summed E-state index contributed by atoms with van der Waals surface area (Å²) in [4.78, 5) is 23.5. The molecule has 0 unspecified atom stereocenters. The molecule has 0 amide bonds. The van der Waals surface area contributed by atoms with Crippen molar-refractivity contribution >= 4 is 5.69 Å². The monoisotopic (exact) mass is 236 g/mol. The number of anilines is 1. The second kappa shape index (κ2) is 3.89. The van der Waals surface area contributed by atoms with E-state index in [9.17, 15) is 9.59 Å². The van der Waals surface area contributed by atoms with Gasteiger partial charge in [0.2, 0.25) is 0 Å². The van der Waals surface area contributed by atoms with E-state index in [2.05, 4.69) is 10.3 Å². The van der Waals surface area contributed by atoms with Crippen LogP contribution in [0.5, 0.6) is 0 Å². The van der Waals surface area contributed by atoms with Crippen molar-refractivity contribution in [2.75, 3.05) is 5.73 Å². The molecule has 0 saturated heterocycles. The Hall–Kier alpha value is -2.38. The van der Waals surface area contributed by atoms with Crippen LogP contribution in [0.4, 0.5) is 5.69 Å². The number of nitrogens with zero attached hydrogens (tertiary/aromatic N) is 5. The molecule has 0 aliphatic heterocycles. The molecule has 0 atom stereocenters. The number of nitrogen functional groups attached to an aromatic ring is 1. The zero-order valence-electron chi connectivity index (χ0n) is 9.49. The molecule has 2 heterocycles. The van der Waals surface area contributed by atoms with Gasteiger partial charge in [-0.15, -0.1) is 5.10 Å². The van der Waals surface area contributed by atoms with Gasteiger partial charge in [-0.2, -0.15) is 0 Å². The van der Waals surface area contributed by atoms with E-state index in [1.807, 2.05) is 0 Å². The van der Waals surface area contributed by atoms with Crippen molar-refractivity contribution < 1.29 is 0 Å². The minimum absolute atomic E-state index is 0.0241. The van der Waals surface area contributed by atoms with Crippen LogP contribution >= 0.6 is 0 Å². The predicted molar refractivity (Wildman–Crippen MR) is 60.5 cm³/mol. The Kier molecular flexibility index (Phi) is 2.54. The van der Waals surface area contributed by atoms with Gasteiger partial charge in [-0.05, 0) is 0 Å². The molecule has 0 bridgehead atoms. The first kappa shape index (κ1) is 11.1. The number of hydrogen-bond acceptors (Lipinski definition) is 5. The molecule has 90 valence electrons. The molecule has 2 aromatic rings. The van der Waals surface area contributed by atoms with Crippen LogP contribution in [-0.4, -0.2) is 24.1 Å². The van der Waals surface area contributed by atoms with E-state index in [4.69, 9.17) is 5.73 Å². The summed E-state index contributed by atoms with van der Waals surface area (Å²) in [5.41, 5.74) is 5.11. The van der Waals surface area contributed by atoms with Gasteiger partial charge in [-0.3, -0.25) is 14.0 Å². The number of aromatic nitrogens is 5. The standard InChI is InChI=1S/C9H12N6O2/c1-13-5-7(10)8(16)15(9(13)17)4-6-3-14(2)12-11-6/h3,5H,4,10H2,1-2H3. The maximum atomic E-state index is 11.8. The first-order valence-corrected chi connectivity index (χ1v) is 4.90. The smallest absolute Gasteiger partial charge is 0.331 e. The molecule has 8 nitrogen and oxygen atoms in total. The molecular weight excluding hydrogens is 224 g/mol. The van der Waals surface area contributed by atoms with Crippen molar-refractivity contribution in [3.8, 4) is 0 Å². The summed E-state index contributed by atoms with van der Waals surface area (Å²) in [6.07, 6.45) is 2.94. The van der Waals surface area contributed by atoms with Crippen LogP contribution in [0.1, 0.15) is 5.69 Å². The lowest BCUT2D eigenvalue weighted by Gasteiger charge is -2.06. The van der Waals surface area contributed by atoms with Gasteiger partial charge < -0.3 is 10.3 Å². The largest absolute Gasteiger partial charge is 0.393 e. The third-order valence-electron chi connectivity index (χ3n) is 2.33. The van der Waals surface area contributed by atoms with Crippen molar-refractivity contribution in [3.63, 3.8) is 0 Å². The molecule has 0 aliphatic carbocycles. The van der Waals surface area contributed by atoms with E-state index < -0.39 is 11.2 Å². The van der Waals surface area contributed by atoms with Crippen LogP contribution in [0.2, 0.25) is 0 Å². The summed E-state index contributed by atoms with van der Waals surface area (Å²) in [7, 11) is 3.24. The molecule has 2 N–H and O–H groups in total. The lowest BCUT2D eigenvalue weighted by molar-refractivity contribution is 0.632. The highest BCUT2D eigenvalue weighted by molar-refractivity contribution is 5.31. The summed E-state index contributed by atoms with van der Waals surface area (Å²) >= 11 is 0. The Morgan fingerprint density at radius 1 is 1.29 bits per heavy atom. The summed E-state index contributed by atoms with van der Waals surface area (Å²) in [6.45, 7) is 0.0599. The minimum atomic E-state index is -0.515. The Morgan fingerprint density at radius 2 is 2.00 bits per heavy atom. The fourth-order valence-corrected chi connectivity index (χ4v) is 1.52. The molecule has 0 aromatic carbocycles. The van der Waals surface area contributed by atoms with E-state index in [1.165, 1.54) is 22.5 Å². The first-order chi connectivity index (χ1) is 7.99. The number of aryl methyl sites for hydroxylation is 2. The molecule has 2 aromatic heterocycles. The van der Waals surface area contributed by atoms with E-state index in [-0.39, 0.29) is 12.2 Å². The predicted octanol–water partition coefficient (Wildman–Crippen LogP) is -1.69. The highest BCUT2D eigenvalue weighted by Gasteiger charge is 2.09. The lowest BCUT2D eigenvalue weighted by atomic mass is 10.4. The second-order valence-corrected chi connectivity index (χ2v) is 3.75. The van der Waals surface area contributed by atoms with Crippen molar-refractivity contribution in [3.05, 3.63) is 38.9 Å². The molecule has 8 heteroatoms. The Balaban J connectivity index is 2.53. The summed E-state index contributed by atoms with van der Waals surface area (Å²) in [6, 6.07) is 0. The van der Waals surface area contributed by atoms with Crippen molar-refractivity contribution in [1.29, 1.82) is 0 Å². The topological polar surface area (TPSA) is 101 Å². The third-order valence-corrected chi connectivity index (χ3v) is 2.33. The van der Waals surface area contributed by atoms with Crippen LogP contribution < -0.4 is 17.0 Å². The lowest BCUT2D eigenvalue weighted by Crippen LogP contribution is -2.40. The van der Waals surface area contributed by atoms with E-state index in [1.54, 1.807) is 13.2 Å². The van der Waals surface area contributed by atoms with Gasteiger partial charge in [0.15, 0.2) is 0 Å². The quantitative estimate of drug-likeness (QED) is 0.670. The average Bonchev–Trinajstić information content (AvgIpc) is 2.68. The zero-order chi connectivity index (χ0) is 12.6. The van der Waals surface area contributed by atoms with E-state index in [0.29, 0.717) is 5.69 Å². The number of nitrogens with two attached hydrogens (primary N) is 1. The van der Waals surface area contributed by atoms with Crippen LogP contribution in [0, 0.1) is 0 Å². The maximum Gasteiger partial charge on any atom is 0.331 e. The SMILES string of the molecule is Cn1cc(Cn2c(=O)c(N)cn(C)c2=O)nn1. The number of hydrogen-bond donors (Lipinski definition) is 1. The van der Waals surface area contributed by atoms with E-state index >= 15 is 0 Å². The van der Waals surface area contributed by atoms with Gasteiger partial charge in [0, 0.05) is 26.5 Å². The molecule has 0 fully saturated rings. The van der Waals surface area contributed by atoms with Crippen LogP contribution in [0.15, 0.2) is 22.0 Å². The molecule has 0 saturated carbocycles. The maximum absolute atomic E-state index is 11.8. The second-order valence-electron chi connectivity index (χ2n) is 3.75. The fraction of sp³-hybridized carbons (Fsp3) is 0.333. The van der Waals surface area contributed by atoms with Gasteiger partial charge in [-0.1, -0.05) is 5.21 Å². The van der Waals surface area contributed by atoms with E-state index in [0.717, 1.165) is 4.57 Å². The minimum Gasteiger partial charge on any atom is -0.393 e. The fourth-order valence-electron chi connectivity index (χ4n) is 1.52. The Labute approximate surface area is 95.9 Å². The van der Waals surface area contributed by atoms with Gasteiger partial charge >= 0.3 is 5.69 Å². The van der Waals surface area contributed by atoms with Gasteiger partial charge in [0.25, 0.3) is 5.56 Å². The molecule has 0 aliphatic rings. The van der Waals surface area contributed by atoms with Gasteiger partial charge in [0.05, 0.1) is 6.54 Å². The van der Waals surface area contributed by atoms with Gasteiger partial charge in [0.1, 0.15) is 11.4 Å². The van der Waals surface area contributed by atoms with Crippen LogP contribution in [-0.2, 0) is 20.6 Å². The van der Waals surface area contributed by atoms with Crippen LogP contribution in [0.3, 0.4) is 0 Å². The normalized spacial score (nSPS) is 10.7. The highest BCUT2D eigenvalue weighted by Crippen LogP contribution is 1.94. The Bertz CT molecular complexity index is 631. The molecule has 0 radical (unpaired) electrons. The van der Waals surface area contributed by atoms with Crippen molar-refractivity contribution in [1.82, 2.24) is 24.1 Å². The first-order valence-electron chi connectivity index (χ1n) is 4.90. The summed E-state index contributed by atoms with van der Waals surface area (Å²) < 4.78 is 3.78. The molecule has 17 heavy (non-hydrogen) atoms. The van der Waals surface area contributed by atoms with Crippen molar-refractivity contribution in [2.24, 2.45) is 14.1 Å². The molecule has 0 spiro atoms. The zero-order valence-corrected chi connectivity index (χ0v) is 9.49. The molecular formula is C9H12N6O2. The summed E-state index contributed by atoms with van der Waals surface area (Å²) in [5.74, 6) is 0. The average molecular weight is 236 g/mol. The van der Waals surface area contributed by atoms with Crippen LogP contribution in [0.25, 0.3) is 0 Å². The summed E-state index contributed by atoms with van der Waals surface area (Å²) in [5, 5.41) is 7.55. The Morgan fingerprint density at radius 3 is 2.59 bits per heavy atom. The van der Waals surface area contributed by atoms with Crippen molar-refractivity contribution in [2.45, 2.75) is 6.54 Å². The van der Waals surface area contributed by atoms with Gasteiger partial charge in [-0.25, -0.2) is 4.79 Å². The number of rotatable bonds is 2. The molecule has 2 rings (SSSR count).